The molecule has 0 unspecified atom stereocenters. The van der Waals surface area contributed by atoms with Crippen LogP contribution in [0, 0.1) is 12.7 Å². The number of thiophene rings is 1. The van der Waals surface area contributed by atoms with Gasteiger partial charge in [0.05, 0.1) is 5.56 Å². The van der Waals surface area contributed by atoms with Crippen LogP contribution in [-0.4, -0.2) is 23.6 Å². The number of amides is 1. The molecule has 2 rings (SSSR count). The summed E-state index contributed by atoms with van der Waals surface area (Å²) in [4.78, 5) is 24.2. The van der Waals surface area contributed by atoms with Gasteiger partial charge in [0.1, 0.15) is 16.6 Å². The summed E-state index contributed by atoms with van der Waals surface area (Å²) in [7, 11) is 0. The van der Waals surface area contributed by atoms with Crippen LogP contribution in [0.5, 0.6) is 5.75 Å². The van der Waals surface area contributed by atoms with E-state index < -0.39 is 17.7 Å². The molecule has 0 radical (unpaired) electrons. The molecule has 0 aliphatic heterocycles. The summed E-state index contributed by atoms with van der Waals surface area (Å²) in [6.07, 6.45) is 0.575. The molecule has 0 saturated carbocycles. The van der Waals surface area contributed by atoms with Crippen molar-refractivity contribution in [3.05, 3.63) is 46.1 Å². The van der Waals surface area contributed by atoms with Gasteiger partial charge in [0.2, 0.25) is 0 Å². The van der Waals surface area contributed by atoms with Crippen LogP contribution in [0.25, 0.3) is 0 Å². The average Bonchev–Trinajstić information content (AvgIpc) is 2.82. The van der Waals surface area contributed by atoms with Crippen LogP contribution in [-0.2, 0) is 11.2 Å². The van der Waals surface area contributed by atoms with E-state index in [-0.39, 0.29) is 12.2 Å². The fourth-order valence-electron chi connectivity index (χ4n) is 2.16. The lowest BCUT2D eigenvalue weighted by molar-refractivity contribution is -0.118. The van der Waals surface area contributed by atoms with Crippen LogP contribution in [0.15, 0.2) is 24.3 Å². The Hall–Kier alpha value is -2.41. The van der Waals surface area contributed by atoms with Gasteiger partial charge in [-0.3, -0.25) is 4.79 Å². The van der Waals surface area contributed by atoms with Gasteiger partial charge in [-0.1, -0.05) is 6.92 Å². The Morgan fingerprint density at radius 3 is 2.52 bits per heavy atom. The third-order valence-corrected chi connectivity index (χ3v) is 4.28. The number of halogens is 1. The molecule has 0 aliphatic carbocycles. The summed E-state index contributed by atoms with van der Waals surface area (Å²) in [5.41, 5.74) is 0.849. The molecule has 0 fully saturated rings. The van der Waals surface area contributed by atoms with Crippen molar-refractivity contribution in [1.29, 1.82) is 0 Å². The molecule has 122 valence electrons. The third kappa shape index (κ3) is 4.07. The van der Waals surface area contributed by atoms with E-state index in [9.17, 15) is 19.1 Å². The zero-order valence-corrected chi connectivity index (χ0v) is 13.5. The molecule has 0 aliphatic rings. The number of hydrogen-bond donors (Lipinski definition) is 2. The van der Waals surface area contributed by atoms with E-state index in [2.05, 4.69) is 5.32 Å². The van der Waals surface area contributed by atoms with Crippen molar-refractivity contribution in [3.63, 3.8) is 0 Å². The van der Waals surface area contributed by atoms with E-state index in [1.165, 1.54) is 35.6 Å². The van der Waals surface area contributed by atoms with Crippen LogP contribution in [0.2, 0.25) is 0 Å². The monoisotopic (exact) mass is 337 g/mol. The van der Waals surface area contributed by atoms with Crippen molar-refractivity contribution in [3.8, 4) is 5.75 Å². The van der Waals surface area contributed by atoms with Crippen molar-refractivity contribution in [1.82, 2.24) is 0 Å². The van der Waals surface area contributed by atoms with Gasteiger partial charge >= 0.3 is 5.97 Å². The zero-order valence-electron chi connectivity index (χ0n) is 12.7. The van der Waals surface area contributed by atoms with Gasteiger partial charge in [-0.2, -0.15) is 0 Å². The van der Waals surface area contributed by atoms with Gasteiger partial charge in [-0.15, -0.1) is 11.3 Å². The molecule has 23 heavy (non-hydrogen) atoms. The first-order valence-electron chi connectivity index (χ1n) is 6.96. The number of aryl methyl sites for hydroxylation is 1. The highest BCUT2D eigenvalue weighted by atomic mass is 32.1. The topological polar surface area (TPSA) is 75.6 Å². The highest BCUT2D eigenvalue weighted by Crippen LogP contribution is 2.33. The summed E-state index contributed by atoms with van der Waals surface area (Å²) >= 11 is 1.23. The minimum atomic E-state index is -1.07. The lowest BCUT2D eigenvalue weighted by atomic mass is 10.1. The van der Waals surface area contributed by atoms with Gasteiger partial charge in [0.15, 0.2) is 6.61 Å². The standard InChI is InChI=1S/C16H16FNO4S/c1-3-12-9(2)23-15(14(12)16(20)21)18-13(19)8-22-11-6-4-10(17)5-7-11/h4-7H,3,8H2,1-2H3,(H,18,19)(H,20,21). The quantitative estimate of drug-likeness (QED) is 0.846. The van der Waals surface area contributed by atoms with Crippen LogP contribution in [0.1, 0.15) is 27.7 Å². The van der Waals surface area contributed by atoms with Crippen molar-refractivity contribution in [2.75, 3.05) is 11.9 Å². The molecule has 0 saturated heterocycles. The zero-order chi connectivity index (χ0) is 17.0. The molecular weight excluding hydrogens is 321 g/mol. The highest BCUT2D eigenvalue weighted by molar-refractivity contribution is 7.16. The molecule has 2 aromatic rings. The number of carboxylic acid groups (broad SMARTS) is 1. The van der Waals surface area contributed by atoms with Crippen molar-refractivity contribution in [2.24, 2.45) is 0 Å². The molecule has 1 aromatic carbocycles. The fraction of sp³-hybridized carbons (Fsp3) is 0.250. The maximum atomic E-state index is 12.8. The number of rotatable bonds is 6. The molecular formula is C16H16FNO4S. The number of carbonyl (C=O) groups is 2. The number of hydrogen-bond acceptors (Lipinski definition) is 4. The number of ether oxygens (including phenoxy) is 1. The van der Waals surface area contributed by atoms with Gasteiger partial charge < -0.3 is 15.2 Å². The molecule has 1 heterocycles. The predicted octanol–water partition coefficient (Wildman–Crippen LogP) is 3.47. The van der Waals surface area contributed by atoms with Gasteiger partial charge in [-0.25, -0.2) is 9.18 Å². The van der Waals surface area contributed by atoms with Crippen molar-refractivity contribution < 1.29 is 23.8 Å². The first-order chi connectivity index (χ1) is 10.9. The van der Waals surface area contributed by atoms with E-state index in [1.54, 1.807) is 0 Å². The normalized spacial score (nSPS) is 10.4. The Balaban J connectivity index is 2.05. The Bertz CT molecular complexity index is 724. The van der Waals surface area contributed by atoms with Crippen LogP contribution in [0.4, 0.5) is 9.39 Å². The van der Waals surface area contributed by atoms with E-state index in [4.69, 9.17) is 4.74 Å². The molecule has 0 atom stereocenters. The second kappa shape index (κ2) is 7.23. The summed E-state index contributed by atoms with van der Waals surface area (Å²) in [5.74, 6) is -1.58. The van der Waals surface area contributed by atoms with Gasteiger partial charge in [0, 0.05) is 4.88 Å². The maximum Gasteiger partial charge on any atom is 0.339 e. The first kappa shape index (κ1) is 17.0. The summed E-state index contributed by atoms with van der Waals surface area (Å²) < 4.78 is 18.0. The van der Waals surface area contributed by atoms with Crippen LogP contribution < -0.4 is 10.1 Å². The number of carboxylic acids is 1. The molecule has 2 N–H and O–H groups in total. The molecule has 5 nitrogen and oxygen atoms in total. The van der Waals surface area contributed by atoms with E-state index in [0.717, 1.165) is 10.4 Å². The summed E-state index contributed by atoms with van der Waals surface area (Å²) in [6, 6.07) is 5.28. The minimum absolute atomic E-state index is 0.130. The number of carbonyl (C=O) groups excluding carboxylic acids is 1. The molecule has 1 amide bonds. The Kier molecular flexibility index (Phi) is 5.33. The smallest absolute Gasteiger partial charge is 0.339 e. The number of anilines is 1. The summed E-state index contributed by atoms with van der Waals surface area (Å²) in [6.45, 7) is 3.40. The third-order valence-electron chi connectivity index (χ3n) is 3.21. The molecule has 7 heteroatoms. The lowest BCUT2D eigenvalue weighted by Gasteiger charge is -2.07. The van der Waals surface area contributed by atoms with Crippen LogP contribution >= 0.6 is 11.3 Å². The fourth-order valence-corrected chi connectivity index (χ4v) is 3.31. The van der Waals surface area contributed by atoms with Crippen molar-refractivity contribution in [2.45, 2.75) is 20.3 Å². The van der Waals surface area contributed by atoms with E-state index >= 15 is 0 Å². The van der Waals surface area contributed by atoms with Crippen molar-refractivity contribution >= 4 is 28.2 Å². The van der Waals surface area contributed by atoms with Gasteiger partial charge in [0.25, 0.3) is 5.91 Å². The van der Waals surface area contributed by atoms with E-state index in [1.807, 2.05) is 13.8 Å². The SMILES string of the molecule is CCc1c(C)sc(NC(=O)COc2ccc(F)cc2)c1C(=O)O. The first-order valence-corrected chi connectivity index (χ1v) is 7.77. The highest BCUT2D eigenvalue weighted by Gasteiger charge is 2.21. The predicted molar refractivity (Wildman–Crippen MR) is 85.9 cm³/mol. The number of nitrogens with one attached hydrogen (secondary N) is 1. The second-order valence-electron chi connectivity index (χ2n) is 4.79. The van der Waals surface area contributed by atoms with E-state index in [0.29, 0.717) is 17.2 Å². The maximum absolute atomic E-state index is 12.8. The second-order valence-corrected chi connectivity index (χ2v) is 6.02. The lowest BCUT2D eigenvalue weighted by Crippen LogP contribution is -2.20. The summed E-state index contributed by atoms with van der Waals surface area (Å²) in [5, 5.41) is 12.2. The Labute approximate surface area is 136 Å². The Morgan fingerprint density at radius 2 is 1.96 bits per heavy atom. The largest absolute Gasteiger partial charge is 0.484 e. The average molecular weight is 337 g/mol. The van der Waals surface area contributed by atoms with Crippen LogP contribution in [0.3, 0.4) is 0 Å². The van der Waals surface area contributed by atoms with Gasteiger partial charge in [-0.05, 0) is 43.2 Å². The minimum Gasteiger partial charge on any atom is -0.484 e. The Morgan fingerprint density at radius 1 is 1.30 bits per heavy atom. The molecule has 0 spiro atoms. The number of benzene rings is 1. The molecule has 1 aromatic heterocycles. The molecule has 0 bridgehead atoms. The number of aromatic carboxylic acids is 1.